The molecule has 2 aliphatic rings. The van der Waals surface area contributed by atoms with Gasteiger partial charge in [-0.25, -0.2) is 14.8 Å². The fourth-order valence-electron chi connectivity index (χ4n) is 4.01. The Bertz CT molecular complexity index is 724. The number of imide groups is 1. The van der Waals surface area contributed by atoms with Crippen molar-refractivity contribution < 1.29 is 9.59 Å². The van der Waals surface area contributed by atoms with Gasteiger partial charge in [0.2, 0.25) is 5.91 Å². The fraction of sp³-hybridized carbons (Fsp3) is 0.714. The maximum atomic E-state index is 12.5. The van der Waals surface area contributed by atoms with Crippen LogP contribution in [-0.2, 0) is 4.79 Å². The Hall–Kier alpha value is -2.22. The van der Waals surface area contributed by atoms with E-state index in [0.29, 0.717) is 0 Å². The number of hydrogen-bond acceptors (Lipinski definition) is 6. The molecule has 3 amide bonds. The first-order valence-corrected chi connectivity index (χ1v) is 10.8. The van der Waals surface area contributed by atoms with Crippen molar-refractivity contribution in [3.63, 3.8) is 0 Å². The standard InChI is InChI=1S/C21H34N6O2/c1-14(2)19-22-15(3)13-18(24-19)27-11-9-26(10-12-27)16(4)20(28)25-21(29)23-17-7-5-6-8-17/h13-14,16-17H,5-12H2,1-4H3,(H2,23,25,28,29). The third kappa shape index (κ3) is 5.65. The minimum Gasteiger partial charge on any atom is -0.354 e. The molecule has 1 aromatic rings. The Labute approximate surface area is 173 Å². The highest BCUT2D eigenvalue weighted by molar-refractivity contribution is 5.96. The lowest BCUT2D eigenvalue weighted by molar-refractivity contribution is -0.124. The molecule has 2 N–H and O–H groups in total. The first-order valence-electron chi connectivity index (χ1n) is 10.8. The Balaban J connectivity index is 1.50. The van der Waals surface area contributed by atoms with Gasteiger partial charge in [0.1, 0.15) is 11.6 Å². The third-order valence-electron chi connectivity index (χ3n) is 5.87. The molecule has 8 nitrogen and oxygen atoms in total. The number of nitrogens with zero attached hydrogens (tertiary/aromatic N) is 4. The average Bonchev–Trinajstić information content (AvgIpc) is 3.19. The van der Waals surface area contributed by atoms with E-state index in [0.717, 1.165) is 69.2 Å². The topological polar surface area (TPSA) is 90.5 Å². The summed E-state index contributed by atoms with van der Waals surface area (Å²) in [6.07, 6.45) is 4.29. The zero-order valence-electron chi connectivity index (χ0n) is 18.1. The predicted molar refractivity (Wildman–Crippen MR) is 113 cm³/mol. The zero-order valence-corrected chi connectivity index (χ0v) is 18.1. The smallest absolute Gasteiger partial charge is 0.321 e. The van der Waals surface area contributed by atoms with Crippen LogP contribution in [0.1, 0.15) is 63.9 Å². The second-order valence-electron chi connectivity index (χ2n) is 8.52. The van der Waals surface area contributed by atoms with Crippen LogP contribution in [-0.4, -0.2) is 65.1 Å². The zero-order chi connectivity index (χ0) is 21.0. The average molecular weight is 403 g/mol. The summed E-state index contributed by atoms with van der Waals surface area (Å²) in [7, 11) is 0. The van der Waals surface area contributed by atoms with Gasteiger partial charge < -0.3 is 10.2 Å². The van der Waals surface area contributed by atoms with Crippen molar-refractivity contribution in [2.75, 3.05) is 31.1 Å². The molecule has 0 aromatic carbocycles. The highest BCUT2D eigenvalue weighted by Gasteiger charge is 2.28. The van der Waals surface area contributed by atoms with Gasteiger partial charge in [-0.15, -0.1) is 0 Å². The molecule has 2 heterocycles. The van der Waals surface area contributed by atoms with Crippen LogP contribution >= 0.6 is 0 Å². The summed E-state index contributed by atoms with van der Waals surface area (Å²) in [6.45, 7) is 11.1. The molecule has 3 rings (SSSR count). The molecule has 1 aliphatic heterocycles. The van der Waals surface area contributed by atoms with Gasteiger partial charge in [0.15, 0.2) is 0 Å². The van der Waals surface area contributed by atoms with Crippen molar-refractivity contribution in [2.24, 2.45) is 0 Å². The van der Waals surface area contributed by atoms with Crippen LogP contribution in [0.2, 0.25) is 0 Å². The molecule has 0 bridgehead atoms. The number of aryl methyl sites for hydroxylation is 1. The highest BCUT2D eigenvalue weighted by Crippen LogP contribution is 2.20. The molecule has 1 saturated carbocycles. The molecular weight excluding hydrogens is 368 g/mol. The van der Waals surface area contributed by atoms with Crippen molar-refractivity contribution in [3.05, 3.63) is 17.6 Å². The molecular formula is C21H34N6O2. The summed E-state index contributed by atoms with van der Waals surface area (Å²) in [6, 6.07) is 1.51. The first-order chi connectivity index (χ1) is 13.8. The van der Waals surface area contributed by atoms with Gasteiger partial charge in [0, 0.05) is 49.9 Å². The Kier molecular flexibility index (Phi) is 7.05. The lowest BCUT2D eigenvalue weighted by Gasteiger charge is -2.38. The summed E-state index contributed by atoms with van der Waals surface area (Å²) in [4.78, 5) is 38.2. The van der Waals surface area contributed by atoms with Crippen LogP contribution in [0.4, 0.5) is 10.6 Å². The van der Waals surface area contributed by atoms with Gasteiger partial charge >= 0.3 is 6.03 Å². The molecule has 0 spiro atoms. The maximum absolute atomic E-state index is 12.5. The van der Waals surface area contributed by atoms with Crippen molar-refractivity contribution >= 4 is 17.8 Å². The summed E-state index contributed by atoms with van der Waals surface area (Å²) < 4.78 is 0. The van der Waals surface area contributed by atoms with Gasteiger partial charge in [-0.3, -0.25) is 15.0 Å². The number of urea groups is 1. The van der Waals surface area contributed by atoms with Gasteiger partial charge in [0.05, 0.1) is 6.04 Å². The molecule has 160 valence electrons. The number of carbonyl (C=O) groups excluding carboxylic acids is 2. The molecule has 0 radical (unpaired) electrons. The Morgan fingerprint density at radius 3 is 2.34 bits per heavy atom. The maximum Gasteiger partial charge on any atom is 0.321 e. The second kappa shape index (κ2) is 9.52. The van der Waals surface area contributed by atoms with Crippen molar-refractivity contribution in [3.8, 4) is 0 Å². The molecule has 2 fully saturated rings. The Morgan fingerprint density at radius 2 is 1.72 bits per heavy atom. The summed E-state index contributed by atoms with van der Waals surface area (Å²) in [5.74, 6) is 1.86. The van der Waals surface area contributed by atoms with Gasteiger partial charge in [-0.2, -0.15) is 0 Å². The molecule has 8 heteroatoms. The van der Waals surface area contributed by atoms with E-state index in [4.69, 9.17) is 4.98 Å². The SMILES string of the molecule is Cc1cc(N2CCN(C(C)C(=O)NC(=O)NC3CCCC3)CC2)nc(C(C)C)n1. The first kappa shape index (κ1) is 21.5. The number of hydrogen-bond donors (Lipinski definition) is 2. The minimum absolute atomic E-state index is 0.203. The third-order valence-corrected chi connectivity index (χ3v) is 5.87. The van der Waals surface area contributed by atoms with Crippen LogP contribution in [0.15, 0.2) is 6.07 Å². The summed E-state index contributed by atoms with van der Waals surface area (Å²) >= 11 is 0. The molecule has 29 heavy (non-hydrogen) atoms. The fourth-order valence-corrected chi connectivity index (χ4v) is 4.01. The van der Waals surface area contributed by atoms with Crippen LogP contribution in [0, 0.1) is 6.92 Å². The van der Waals surface area contributed by atoms with E-state index in [-0.39, 0.29) is 29.9 Å². The van der Waals surface area contributed by atoms with Crippen LogP contribution in [0.25, 0.3) is 0 Å². The van der Waals surface area contributed by atoms with E-state index in [9.17, 15) is 9.59 Å². The summed E-state index contributed by atoms with van der Waals surface area (Å²) in [5.41, 5.74) is 0.974. The number of rotatable bonds is 5. The van der Waals surface area contributed by atoms with E-state index < -0.39 is 0 Å². The lowest BCUT2D eigenvalue weighted by atomic mass is 10.2. The predicted octanol–water partition coefficient (Wildman–Crippen LogP) is 2.19. The minimum atomic E-state index is -0.370. The number of carbonyl (C=O) groups is 2. The molecule has 1 aliphatic carbocycles. The van der Waals surface area contributed by atoms with E-state index >= 15 is 0 Å². The Morgan fingerprint density at radius 1 is 1.07 bits per heavy atom. The monoisotopic (exact) mass is 402 g/mol. The number of amides is 3. The van der Waals surface area contributed by atoms with Crippen LogP contribution in [0.5, 0.6) is 0 Å². The van der Waals surface area contributed by atoms with Gasteiger partial charge in [0.25, 0.3) is 0 Å². The van der Waals surface area contributed by atoms with E-state index in [1.807, 2.05) is 19.9 Å². The number of piperazine rings is 1. The highest BCUT2D eigenvalue weighted by atomic mass is 16.2. The lowest BCUT2D eigenvalue weighted by Crippen LogP contribution is -2.56. The van der Waals surface area contributed by atoms with Crippen LogP contribution in [0.3, 0.4) is 0 Å². The van der Waals surface area contributed by atoms with Crippen molar-refractivity contribution in [2.45, 2.75) is 71.4 Å². The molecule has 1 unspecified atom stereocenters. The summed E-state index contributed by atoms with van der Waals surface area (Å²) in [5, 5.41) is 5.41. The second-order valence-corrected chi connectivity index (χ2v) is 8.52. The molecule has 1 atom stereocenters. The van der Waals surface area contributed by atoms with E-state index in [1.165, 1.54) is 0 Å². The van der Waals surface area contributed by atoms with Gasteiger partial charge in [-0.05, 0) is 26.7 Å². The van der Waals surface area contributed by atoms with E-state index in [2.05, 4.69) is 39.3 Å². The number of aromatic nitrogens is 2. The van der Waals surface area contributed by atoms with E-state index in [1.54, 1.807) is 0 Å². The quantitative estimate of drug-likeness (QED) is 0.785. The van der Waals surface area contributed by atoms with Crippen LogP contribution < -0.4 is 15.5 Å². The number of anilines is 1. The normalized spacial score (nSPS) is 19.4. The molecule has 1 aromatic heterocycles. The van der Waals surface area contributed by atoms with Crippen molar-refractivity contribution in [1.29, 1.82) is 0 Å². The number of nitrogens with one attached hydrogen (secondary N) is 2. The van der Waals surface area contributed by atoms with Crippen molar-refractivity contribution in [1.82, 2.24) is 25.5 Å². The largest absolute Gasteiger partial charge is 0.354 e. The van der Waals surface area contributed by atoms with Gasteiger partial charge in [-0.1, -0.05) is 26.7 Å². The molecule has 1 saturated heterocycles.